The molecule has 0 aliphatic carbocycles. The highest BCUT2D eigenvalue weighted by atomic mass is 35.5. The lowest BCUT2D eigenvalue weighted by Gasteiger charge is -2.17. The fourth-order valence-electron chi connectivity index (χ4n) is 3.21. The molecule has 32 heavy (non-hydrogen) atoms. The summed E-state index contributed by atoms with van der Waals surface area (Å²) in [6.07, 6.45) is 0. The van der Waals surface area contributed by atoms with Crippen LogP contribution in [0.5, 0.6) is 0 Å². The molecule has 3 aromatic rings. The van der Waals surface area contributed by atoms with Crippen molar-refractivity contribution in [3.05, 3.63) is 104 Å². The Kier molecular flexibility index (Phi) is 6.82. The molecule has 0 aromatic heterocycles. The van der Waals surface area contributed by atoms with Gasteiger partial charge in [-0.25, -0.2) is 0 Å². The van der Waals surface area contributed by atoms with Crippen molar-refractivity contribution < 1.29 is 9.59 Å². The molecule has 0 bridgehead atoms. The molecule has 2 amide bonds. The summed E-state index contributed by atoms with van der Waals surface area (Å²) in [5.74, 6) is -0.823. The summed E-state index contributed by atoms with van der Waals surface area (Å²) in [6.45, 7) is 1.88. The van der Waals surface area contributed by atoms with Crippen LogP contribution in [0.15, 0.2) is 82.2 Å². The van der Waals surface area contributed by atoms with Gasteiger partial charge in [0.2, 0.25) is 0 Å². The van der Waals surface area contributed by atoms with Crippen LogP contribution < -0.4 is 5.32 Å². The third kappa shape index (κ3) is 4.66. The van der Waals surface area contributed by atoms with Crippen LogP contribution in [0.3, 0.4) is 0 Å². The number of benzene rings is 3. The van der Waals surface area contributed by atoms with Crippen molar-refractivity contribution in [3.63, 3.8) is 0 Å². The van der Waals surface area contributed by atoms with Gasteiger partial charge in [0, 0.05) is 25.7 Å². The summed E-state index contributed by atoms with van der Waals surface area (Å²) in [5, 5.41) is 4.59. The van der Waals surface area contributed by atoms with Crippen molar-refractivity contribution in [1.82, 2.24) is 4.90 Å². The molecule has 0 unspecified atom stereocenters. The van der Waals surface area contributed by atoms with Crippen LogP contribution in [-0.4, -0.2) is 16.7 Å². The van der Waals surface area contributed by atoms with Crippen molar-refractivity contribution in [2.75, 3.05) is 5.32 Å². The largest absolute Gasteiger partial charge is 0.350 e. The molecule has 0 fully saturated rings. The van der Waals surface area contributed by atoms with Gasteiger partial charge in [0.15, 0.2) is 0 Å². The number of anilines is 1. The van der Waals surface area contributed by atoms with E-state index in [1.54, 1.807) is 30.3 Å². The van der Waals surface area contributed by atoms with Crippen molar-refractivity contribution in [1.29, 1.82) is 0 Å². The Labute approximate surface area is 205 Å². The molecule has 1 heterocycles. The number of carbonyl (C=O) groups is 2. The minimum Gasteiger partial charge on any atom is -0.350 e. The number of imide groups is 1. The zero-order valence-electron chi connectivity index (χ0n) is 16.9. The van der Waals surface area contributed by atoms with Gasteiger partial charge in [0.25, 0.3) is 11.8 Å². The van der Waals surface area contributed by atoms with Crippen molar-refractivity contribution >= 4 is 64.1 Å². The van der Waals surface area contributed by atoms with Gasteiger partial charge in [0.05, 0.1) is 6.54 Å². The highest BCUT2D eigenvalue weighted by molar-refractivity contribution is 8.04. The molecule has 0 spiro atoms. The SMILES string of the molecule is Cc1c(Cl)cccc1NC1=C(Sc2ccccc2)C(=O)N(Cc2ccc(Cl)cc2Cl)C1=O. The van der Waals surface area contributed by atoms with E-state index >= 15 is 0 Å². The number of halogens is 3. The molecule has 3 aromatic carbocycles. The first kappa shape index (κ1) is 22.7. The first-order valence-corrected chi connectivity index (χ1v) is 11.6. The molecule has 1 N–H and O–H groups in total. The van der Waals surface area contributed by atoms with Crippen LogP contribution in [0.25, 0.3) is 0 Å². The molecule has 1 aliphatic rings. The van der Waals surface area contributed by atoms with E-state index in [4.69, 9.17) is 34.8 Å². The number of rotatable bonds is 6. The predicted octanol–water partition coefficient (Wildman–Crippen LogP) is 6.94. The van der Waals surface area contributed by atoms with E-state index in [2.05, 4.69) is 5.32 Å². The third-order valence-corrected chi connectivity index (χ3v) is 7.05. The normalized spacial score (nSPS) is 13.8. The summed E-state index contributed by atoms with van der Waals surface area (Å²) < 4.78 is 0. The standard InChI is InChI=1S/C24H17Cl3N2O2S/c1-14-18(26)8-5-9-20(14)28-21-22(32-17-6-3-2-4-7-17)24(31)29(23(21)30)13-15-10-11-16(25)12-19(15)27/h2-12,28H,13H2,1H3. The molecule has 0 saturated heterocycles. The van der Waals surface area contributed by atoms with Crippen LogP contribution >= 0.6 is 46.6 Å². The Balaban J connectivity index is 1.71. The number of carbonyl (C=O) groups excluding carboxylic acids is 2. The Morgan fingerprint density at radius 1 is 0.875 bits per heavy atom. The Morgan fingerprint density at radius 3 is 2.34 bits per heavy atom. The zero-order chi connectivity index (χ0) is 22.8. The van der Waals surface area contributed by atoms with Crippen molar-refractivity contribution in [3.8, 4) is 0 Å². The number of hydrogen-bond donors (Lipinski definition) is 1. The van der Waals surface area contributed by atoms with Gasteiger partial charge in [-0.3, -0.25) is 14.5 Å². The van der Waals surface area contributed by atoms with E-state index in [1.165, 1.54) is 16.7 Å². The molecular weight excluding hydrogens is 487 g/mol. The minimum absolute atomic E-state index is 0.0340. The maximum atomic E-state index is 13.4. The molecule has 1 aliphatic heterocycles. The van der Waals surface area contributed by atoms with Gasteiger partial charge in [-0.2, -0.15) is 0 Å². The molecule has 0 atom stereocenters. The van der Waals surface area contributed by atoms with E-state index in [0.29, 0.717) is 31.2 Å². The van der Waals surface area contributed by atoms with Crippen LogP contribution in [-0.2, 0) is 16.1 Å². The molecule has 8 heteroatoms. The minimum atomic E-state index is -0.432. The maximum absolute atomic E-state index is 13.4. The van der Waals surface area contributed by atoms with E-state index < -0.39 is 11.8 Å². The van der Waals surface area contributed by atoms with Gasteiger partial charge in [-0.05, 0) is 54.4 Å². The van der Waals surface area contributed by atoms with Gasteiger partial charge in [-0.1, -0.05) is 76.9 Å². The fourth-order valence-corrected chi connectivity index (χ4v) is 4.82. The van der Waals surface area contributed by atoms with E-state index in [9.17, 15) is 9.59 Å². The first-order chi connectivity index (χ1) is 15.3. The molecule has 0 saturated carbocycles. The zero-order valence-corrected chi connectivity index (χ0v) is 19.9. The lowest BCUT2D eigenvalue weighted by Crippen LogP contribution is -2.32. The lowest BCUT2D eigenvalue weighted by molar-refractivity contribution is -0.137. The topological polar surface area (TPSA) is 49.4 Å². The predicted molar refractivity (Wildman–Crippen MR) is 131 cm³/mol. The lowest BCUT2D eigenvalue weighted by atomic mass is 10.2. The van der Waals surface area contributed by atoms with Gasteiger partial charge < -0.3 is 5.32 Å². The average Bonchev–Trinajstić information content (AvgIpc) is 2.98. The van der Waals surface area contributed by atoms with Gasteiger partial charge >= 0.3 is 0 Å². The van der Waals surface area contributed by atoms with Crippen LogP contribution in [0.2, 0.25) is 15.1 Å². The van der Waals surface area contributed by atoms with Crippen LogP contribution in [0.4, 0.5) is 5.69 Å². The van der Waals surface area contributed by atoms with Gasteiger partial charge in [-0.15, -0.1) is 0 Å². The third-order valence-electron chi connectivity index (χ3n) is 4.96. The second-order valence-corrected chi connectivity index (χ2v) is 9.42. The van der Waals surface area contributed by atoms with E-state index in [-0.39, 0.29) is 12.2 Å². The average molecular weight is 504 g/mol. The van der Waals surface area contributed by atoms with Crippen LogP contribution in [0, 0.1) is 6.92 Å². The second kappa shape index (κ2) is 9.59. The number of nitrogens with zero attached hydrogens (tertiary/aromatic N) is 1. The Hall–Kier alpha value is -2.44. The highest BCUT2D eigenvalue weighted by Crippen LogP contribution is 2.37. The second-order valence-electron chi connectivity index (χ2n) is 7.09. The number of amides is 2. The molecular formula is C24H17Cl3N2O2S. The summed E-state index contributed by atoms with van der Waals surface area (Å²) in [6, 6.07) is 19.8. The number of hydrogen-bond acceptors (Lipinski definition) is 4. The van der Waals surface area contributed by atoms with Crippen molar-refractivity contribution in [2.45, 2.75) is 18.4 Å². The summed E-state index contributed by atoms with van der Waals surface area (Å²) in [7, 11) is 0. The summed E-state index contributed by atoms with van der Waals surface area (Å²) >= 11 is 19.8. The van der Waals surface area contributed by atoms with E-state index in [1.807, 2.05) is 43.3 Å². The monoisotopic (exact) mass is 502 g/mol. The highest BCUT2D eigenvalue weighted by Gasteiger charge is 2.39. The molecule has 0 radical (unpaired) electrons. The van der Waals surface area contributed by atoms with E-state index in [0.717, 1.165) is 10.5 Å². The smallest absolute Gasteiger partial charge is 0.278 e. The summed E-state index contributed by atoms with van der Waals surface area (Å²) in [4.78, 5) is 29.1. The Bertz CT molecular complexity index is 1250. The molecule has 4 nitrogen and oxygen atoms in total. The van der Waals surface area contributed by atoms with Gasteiger partial charge in [0.1, 0.15) is 10.6 Å². The maximum Gasteiger partial charge on any atom is 0.278 e. The molecule has 4 rings (SSSR count). The Morgan fingerprint density at radius 2 is 1.62 bits per heavy atom. The van der Waals surface area contributed by atoms with Crippen molar-refractivity contribution in [2.24, 2.45) is 0 Å². The fraction of sp³-hybridized carbons (Fsp3) is 0.0833. The number of thioether (sulfide) groups is 1. The quantitative estimate of drug-likeness (QED) is 0.370. The van der Waals surface area contributed by atoms with Crippen LogP contribution in [0.1, 0.15) is 11.1 Å². The summed E-state index contributed by atoms with van der Waals surface area (Å²) in [5.41, 5.74) is 2.28. The number of nitrogens with one attached hydrogen (secondary N) is 1. The molecule has 162 valence electrons. The first-order valence-electron chi connectivity index (χ1n) is 9.64.